The molecule has 4 heteroatoms. The largest absolute Gasteiger partial charge is 0.330 e. The second-order valence-electron chi connectivity index (χ2n) is 7.59. The van der Waals surface area contributed by atoms with E-state index in [9.17, 15) is 4.79 Å². The Balaban J connectivity index is -0.000000404. The van der Waals surface area contributed by atoms with Gasteiger partial charge in [0.25, 0.3) is 0 Å². The van der Waals surface area contributed by atoms with Gasteiger partial charge in [0.1, 0.15) is 5.78 Å². The second kappa shape index (κ2) is 24.3. The molecule has 0 spiro atoms. The molecule has 0 bridgehead atoms. The van der Waals surface area contributed by atoms with E-state index in [1.807, 2.05) is 70.2 Å². The molecular formula is C30H47Cl2NO. The zero-order chi connectivity index (χ0) is 27.1. The number of allylic oxidation sites excluding steroid dienone is 1. The number of aryl methyl sites for hydroxylation is 3. The molecule has 0 saturated heterocycles. The summed E-state index contributed by atoms with van der Waals surface area (Å²) < 4.78 is 0. The molecule has 0 saturated carbocycles. The van der Waals surface area contributed by atoms with Crippen molar-refractivity contribution in [2.45, 2.75) is 67.7 Å². The third kappa shape index (κ3) is 19.6. The molecule has 0 radical (unpaired) electrons. The number of carbonyl (C=O) groups is 1. The molecule has 2 N–H and O–H groups in total. The SMILES string of the molecule is C=C.C=CC(CC)C(CN)CCC(C)=O.CC.Cc1ccc(Cl)c(C)c1.Cc1ccc(Cl)cc1. The Morgan fingerprint density at radius 3 is 1.82 bits per heavy atom. The highest BCUT2D eigenvalue weighted by molar-refractivity contribution is 6.31. The summed E-state index contributed by atoms with van der Waals surface area (Å²) in [4.78, 5) is 10.8. The maximum Gasteiger partial charge on any atom is 0.129 e. The molecule has 2 rings (SSSR count). The van der Waals surface area contributed by atoms with Gasteiger partial charge in [0.05, 0.1) is 0 Å². The lowest BCUT2D eigenvalue weighted by atomic mass is 9.86. The van der Waals surface area contributed by atoms with E-state index >= 15 is 0 Å². The molecule has 0 heterocycles. The first kappa shape index (κ1) is 36.7. The summed E-state index contributed by atoms with van der Waals surface area (Å²) in [5.41, 5.74) is 9.31. The maximum absolute atomic E-state index is 10.8. The minimum absolute atomic E-state index is 0.248. The van der Waals surface area contributed by atoms with Crippen molar-refractivity contribution in [2.75, 3.05) is 6.54 Å². The van der Waals surface area contributed by atoms with Gasteiger partial charge in [-0.05, 0) is 82.7 Å². The third-order valence-electron chi connectivity index (χ3n) is 4.87. The topological polar surface area (TPSA) is 43.1 Å². The average Bonchev–Trinajstić information content (AvgIpc) is 2.84. The van der Waals surface area contributed by atoms with Gasteiger partial charge >= 0.3 is 0 Å². The Hall–Kier alpha value is -1.87. The smallest absolute Gasteiger partial charge is 0.129 e. The summed E-state index contributed by atoms with van der Waals surface area (Å²) in [7, 11) is 0. The molecule has 2 aromatic rings. The van der Waals surface area contributed by atoms with Crippen LogP contribution in [-0.2, 0) is 4.79 Å². The van der Waals surface area contributed by atoms with Crippen molar-refractivity contribution in [1.82, 2.24) is 0 Å². The number of Topliss-reactive ketones (excluding diaryl/α,β-unsaturated/α-hetero) is 1. The van der Waals surface area contributed by atoms with Crippen LogP contribution in [0.3, 0.4) is 0 Å². The first-order valence-corrected chi connectivity index (χ1v) is 12.7. The van der Waals surface area contributed by atoms with Crippen LogP contribution in [0.1, 0.15) is 63.6 Å². The van der Waals surface area contributed by atoms with Crippen molar-refractivity contribution in [2.24, 2.45) is 17.6 Å². The van der Waals surface area contributed by atoms with Crippen LogP contribution in [0.5, 0.6) is 0 Å². The van der Waals surface area contributed by atoms with Gasteiger partial charge in [0, 0.05) is 16.5 Å². The van der Waals surface area contributed by atoms with Crippen LogP contribution in [0, 0.1) is 32.6 Å². The van der Waals surface area contributed by atoms with E-state index in [1.54, 1.807) is 6.92 Å². The summed E-state index contributed by atoms with van der Waals surface area (Å²) in [6.07, 6.45) is 4.56. The van der Waals surface area contributed by atoms with Gasteiger partial charge in [-0.3, -0.25) is 0 Å². The van der Waals surface area contributed by atoms with Crippen LogP contribution in [-0.4, -0.2) is 12.3 Å². The van der Waals surface area contributed by atoms with Gasteiger partial charge in [-0.2, -0.15) is 0 Å². The lowest BCUT2D eigenvalue weighted by Gasteiger charge is -2.21. The summed E-state index contributed by atoms with van der Waals surface area (Å²) in [5.74, 6) is 1.13. The fraction of sp³-hybridized carbons (Fsp3) is 0.433. The van der Waals surface area contributed by atoms with Crippen molar-refractivity contribution < 1.29 is 4.79 Å². The second-order valence-corrected chi connectivity index (χ2v) is 8.44. The van der Waals surface area contributed by atoms with Crippen LogP contribution in [0.15, 0.2) is 68.3 Å². The fourth-order valence-corrected chi connectivity index (χ4v) is 3.16. The summed E-state index contributed by atoms with van der Waals surface area (Å²) >= 11 is 11.4. The predicted octanol–water partition coefficient (Wildman–Crippen LogP) is 9.58. The van der Waals surface area contributed by atoms with Gasteiger partial charge in [-0.15, -0.1) is 19.7 Å². The van der Waals surface area contributed by atoms with Gasteiger partial charge in [-0.1, -0.05) is 85.4 Å². The van der Waals surface area contributed by atoms with Gasteiger partial charge in [0.2, 0.25) is 0 Å². The van der Waals surface area contributed by atoms with E-state index in [-0.39, 0.29) is 5.78 Å². The van der Waals surface area contributed by atoms with Crippen LogP contribution >= 0.6 is 23.2 Å². The highest BCUT2D eigenvalue weighted by Crippen LogP contribution is 2.21. The van der Waals surface area contributed by atoms with Gasteiger partial charge in [0.15, 0.2) is 0 Å². The van der Waals surface area contributed by atoms with Crippen molar-refractivity contribution in [3.63, 3.8) is 0 Å². The minimum atomic E-state index is 0.248. The highest BCUT2D eigenvalue weighted by Gasteiger charge is 2.15. The molecule has 2 aromatic carbocycles. The Morgan fingerprint density at radius 2 is 1.50 bits per heavy atom. The molecular weight excluding hydrogens is 461 g/mol. The quantitative estimate of drug-likeness (QED) is 0.378. The van der Waals surface area contributed by atoms with E-state index in [4.69, 9.17) is 28.9 Å². The monoisotopic (exact) mass is 507 g/mol. The van der Waals surface area contributed by atoms with E-state index < -0.39 is 0 Å². The number of halogens is 2. The molecule has 2 nitrogen and oxygen atoms in total. The lowest BCUT2D eigenvalue weighted by molar-refractivity contribution is -0.117. The molecule has 0 fully saturated rings. The van der Waals surface area contributed by atoms with Gasteiger partial charge in [-0.25, -0.2) is 0 Å². The van der Waals surface area contributed by atoms with Crippen molar-refractivity contribution in [3.8, 4) is 0 Å². The van der Waals surface area contributed by atoms with E-state index in [1.165, 1.54) is 11.1 Å². The third-order valence-corrected chi connectivity index (χ3v) is 5.55. The molecule has 0 aliphatic rings. The summed E-state index contributed by atoms with van der Waals surface area (Å²) in [6.45, 7) is 24.3. The van der Waals surface area contributed by atoms with Gasteiger partial charge < -0.3 is 10.5 Å². The zero-order valence-corrected chi connectivity index (χ0v) is 24.0. The maximum atomic E-state index is 10.8. The normalized spacial score (nSPS) is 10.8. The molecule has 2 unspecified atom stereocenters. The number of hydrogen-bond donors (Lipinski definition) is 1. The Bertz CT molecular complexity index is 751. The molecule has 34 heavy (non-hydrogen) atoms. The van der Waals surface area contributed by atoms with Crippen molar-refractivity contribution in [1.29, 1.82) is 0 Å². The van der Waals surface area contributed by atoms with E-state index in [2.05, 4.69) is 39.7 Å². The number of ketones is 1. The van der Waals surface area contributed by atoms with E-state index in [0.717, 1.165) is 28.5 Å². The average molecular weight is 509 g/mol. The summed E-state index contributed by atoms with van der Waals surface area (Å²) in [5, 5.41) is 1.65. The molecule has 0 amide bonds. The van der Waals surface area contributed by atoms with E-state index in [0.29, 0.717) is 24.8 Å². The van der Waals surface area contributed by atoms with Crippen LogP contribution in [0.25, 0.3) is 0 Å². The predicted molar refractivity (Wildman–Crippen MR) is 156 cm³/mol. The lowest BCUT2D eigenvalue weighted by Crippen LogP contribution is -2.22. The highest BCUT2D eigenvalue weighted by atomic mass is 35.5. The summed E-state index contributed by atoms with van der Waals surface area (Å²) in [6, 6.07) is 13.8. The number of rotatable bonds is 7. The van der Waals surface area contributed by atoms with Crippen LogP contribution in [0.4, 0.5) is 0 Å². The van der Waals surface area contributed by atoms with Crippen LogP contribution in [0.2, 0.25) is 10.0 Å². The fourth-order valence-electron chi connectivity index (χ4n) is 2.92. The zero-order valence-electron chi connectivity index (χ0n) is 22.5. The first-order valence-electron chi connectivity index (χ1n) is 11.9. The number of nitrogens with two attached hydrogens (primary N) is 1. The number of carbonyl (C=O) groups excluding carboxylic acids is 1. The molecule has 192 valence electrons. The molecule has 0 aliphatic heterocycles. The number of benzene rings is 2. The van der Waals surface area contributed by atoms with Crippen molar-refractivity contribution in [3.05, 3.63) is 95.0 Å². The van der Waals surface area contributed by atoms with Crippen LogP contribution < -0.4 is 5.73 Å². The van der Waals surface area contributed by atoms with Crippen molar-refractivity contribution >= 4 is 29.0 Å². The molecule has 2 atom stereocenters. The standard InChI is InChI=1S/C11H21NO.C8H9Cl.C7H7Cl.C2H6.C2H4/c1-4-10(5-2)11(8-12)7-6-9(3)13;1-6-3-4-8(9)7(2)5-6;1-6-2-4-7(8)5-3-6;2*1-2/h4,10-11H,1,5-8,12H2,2-3H3;3-5H,1-2H3;2-5H,1H3;1-2H3;1-2H2. The Kier molecular flexibility index (Phi) is 26.2. The molecule has 0 aromatic heterocycles. The first-order chi connectivity index (χ1) is 16.1. The minimum Gasteiger partial charge on any atom is -0.330 e. The Labute approximate surface area is 220 Å². The Morgan fingerprint density at radius 1 is 1.00 bits per heavy atom. The molecule has 0 aliphatic carbocycles. The number of hydrogen-bond acceptors (Lipinski definition) is 2.